The van der Waals surface area contributed by atoms with Crippen LogP contribution in [0.3, 0.4) is 0 Å². The predicted octanol–water partition coefficient (Wildman–Crippen LogP) is 2.31. The Kier molecular flexibility index (Phi) is 5.05. The highest BCUT2D eigenvalue weighted by atomic mass is 15.3. The molecule has 2 aromatic rings. The number of nitrogens with two attached hydrogens (primary N) is 1. The van der Waals surface area contributed by atoms with Gasteiger partial charge >= 0.3 is 0 Å². The van der Waals surface area contributed by atoms with Crippen LogP contribution in [0.25, 0.3) is 0 Å². The van der Waals surface area contributed by atoms with Crippen LogP contribution in [0.5, 0.6) is 0 Å². The number of nitrogens with zero attached hydrogens (tertiary/aromatic N) is 2. The lowest BCUT2D eigenvalue weighted by Gasteiger charge is -2.41. The van der Waals surface area contributed by atoms with Gasteiger partial charge in [0.2, 0.25) is 0 Å². The first kappa shape index (κ1) is 15.7. The minimum atomic E-state index is -0.00679. The smallest absolute Gasteiger partial charge is 0.110 e. The molecular weight excluding hydrogens is 284 g/mol. The van der Waals surface area contributed by atoms with Crippen molar-refractivity contribution in [1.82, 2.24) is 9.80 Å². The second kappa shape index (κ2) is 7.40. The van der Waals surface area contributed by atoms with Gasteiger partial charge in [-0.1, -0.05) is 60.7 Å². The fourth-order valence-electron chi connectivity index (χ4n) is 3.16. The van der Waals surface area contributed by atoms with E-state index in [0.717, 1.165) is 32.7 Å². The van der Waals surface area contributed by atoms with Crippen molar-refractivity contribution < 1.29 is 0 Å². The van der Waals surface area contributed by atoms with E-state index in [1.54, 1.807) is 0 Å². The zero-order valence-electron chi connectivity index (χ0n) is 13.4. The molecule has 0 radical (unpaired) electrons. The third kappa shape index (κ3) is 4.18. The normalized spacial score (nSPS) is 19.6. The van der Waals surface area contributed by atoms with Gasteiger partial charge in [0.25, 0.3) is 0 Å². The van der Waals surface area contributed by atoms with Crippen LogP contribution in [-0.2, 0) is 13.1 Å². The minimum Gasteiger partial charge on any atom is -0.386 e. The van der Waals surface area contributed by atoms with Gasteiger partial charge in [0, 0.05) is 32.7 Å². The first-order valence-corrected chi connectivity index (χ1v) is 8.10. The Morgan fingerprint density at radius 1 is 0.913 bits per heavy atom. The van der Waals surface area contributed by atoms with Gasteiger partial charge in [0.1, 0.15) is 5.84 Å². The summed E-state index contributed by atoms with van der Waals surface area (Å²) in [5, 5.41) is 7.96. The molecule has 0 saturated carbocycles. The zero-order chi connectivity index (χ0) is 16.1. The number of hydrogen-bond donors (Lipinski definition) is 2. The summed E-state index contributed by atoms with van der Waals surface area (Å²) in [5.41, 5.74) is 8.47. The molecule has 0 amide bonds. The first-order chi connectivity index (χ1) is 11.2. The van der Waals surface area contributed by atoms with Crippen molar-refractivity contribution >= 4 is 5.84 Å². The summed E-state index contributed by atoms with van der Waals surface area (Å²) in [6.45, 7) is 4.53. The molecule has 3 N–H and O–H groups in total. The molecule has 23 heavy (non-hydrogen) atoms. The maximum Gasteiger partial charge on any atom is 0.110 e. The van der Waals surface area contributed by atoms with E-state index in [-0.39, 0.29) is 11.9 Å². The number of benzene rings is 2. The van der Waals surface area contributed by atoms with Gasteiger partial charge in [-0.25, -0.2) is 0 Å². The summed E-state index contributed by atoms with van der Waals surface area (Å²) < 4.78 is 0. The number of nitrogens with one attached hydrogen (secondary N) is 1. The topological polar surface area (TPSA) is 56.4 Å². The van der Waals surface area contributed by atoms with Crippen LogP contribution in [0, 0.1) is 5.41 Å². The van der Waals surface area contributed by atoms with E-state index in [9.17, 15) is 0 Å². The van der Waals surface area contributed by atoms with E-state index >= 15 is 0 Å². The molecule has 0 spiro atoms. The van der Waals surface area contributed by atoms with E-state index in [0.29, 0.717) is 0 Å². The standard InChI is InChI=1S/C19H24N4/c20-19(21)18-15-22(13-16-7-3-1-4-8-16)11-12-23(18)14-17-9-5-2-6-10-17/h1-10,18H,11-15H2,(H3,20,21). The predicted molar refractivity (Wildman–Crippen MR) is 94.3 cm³/mol. The van der Waals surface area contributed by atoms with Gasteiger partial charge in [0.15, 0.2) is 0 Å². The van der Waals surface area contributed by atoms with E-state index in [1.165, 1.54) is 11.1 Å². The lowest BCUT2D eigenvalue weighted by atomic mass is 10.1. The molecule has 1 aliphatic heterocycles. The molecule has 1 aliphatic rings. The second-order valence-corrected chi connectivity index (χ2v) is 6.15. The second-order valence-electron chi connectivity index (χ2n) is 6.15. The largest absolute Gasteiger partial charge is 0.386 e. The quantitative estimate of drug-likeness (QED) is 0.658. The van der Waals surface area contributed by atoms with Gasteiger partial charge < -0.3 is 5.73 Å². The SMILES string of the molecule is N=C(N)C1CN(Cc2ccccc2)CCN1Cc1ccccc1. The van der Waals surface area contributed by atoms with Crippen LogP contribution in [0.2, 0.25) is 0 Å². The van der Waals surface area contributed by atoms with Crippen molar-refractivity contribution in [3.05, 3.63) is 71.8 Å². The Labute approximate surface area is 138 Å². The van der Waals surface area contributed by atoms with E-state index < -0.39 is 0 Å². The van der Waals surface area contributed by atoms with Crippen LogP contribution < -0.4 is 5.73 Å². The molecule has 4 nitrogen and oxygen atoms in total. The summed E-state index contributed by atoms with van der Waals surface area (Å²) in [7, 11) is 0. The first-order valence-electron chi connectivity index (χ1n) is 8.10. The Bertz CT molecular complexity index is 626. The summed E-state index contributed by atoms with van der Waals surface area (Å²) in [5.74, 6) is 0.263. The van der Waals surface area contributed by atoms with Crippen molar-refractivity contribution in [3.63, 3.8) is 0 Å². The molecule has 0 bridgehead atoms. The average molecular weight is 308 g/mol. The Morgan fingerprint density at radius 2 is 1.48 bits per heavy atom. The molecule has 0 aliphatic carbocycles. The molecule has 120 valence electrons. The lowest BCUT2D eigenvalue weighted by molar-refractivity contribution is 0.0946. The highest BCUT2D eigenvalue weighted by Crippen LogP contribution is 2.16. The van der Waals surface area contributed by atoms with Crippen LogP contribution in [0.15, 0.2) is 60.7 Å². The molecular formula is C19H24N4. The van der Waals surface area contributed by atoms with E-state index in [1.807, 2.05) is 12.1 Å². The van der Waals surface area contributed by atoms with Crippen molar-refractivity contribution in [2.24, 2.45) is 5.73 Å². The lowest BCUT2D eigenvalue weighted by Crippen LogP contribution is -2.57. The van der Waals surface area contributed by atoms with Crippen molar-refractivity contribution in [3.8, 4) is 0 Å². The van der Waals surface area contributed by atoms with Crippen molar-refractivity contribution in [1.29, 1.82) is 5.41 Å². The molecule has 4 heteroatoms. The number of rotatable bonds is 5. The van der Waals surface area contributed by atoms with Gasteiger partial charge in [-0.3, -0.25) is 15.2 Å². The summed E-state index contributed by atoms with van der Waals surface area (Å²) in [6.07, 6.45) is 0. The number of hydrogen-bond acceptors (Lipinski definition) is 3. The number of piperazine rings is 1. The molecule has 3 rings (SSSR count). The Morgan fingerprint density at radius 3 is 2.04 bits per heavy atom. The summed E-state index contributed by atoms with van der Waals surface area (Å²) in [6, 6.07) is 20.9. The van der Waals surface area contributed by atoms with Crippen LogP contribution >= 0.6 is 0 Å². The summed E-state index contributed by atoms with van der Waals surface area (Å²) in [4.78, 5) is 4.71. The highest BCUT2D eigenvalue weighted by Gasteiger charge is 2.29. The molecule has 0 aromatic heterocycles. The molecule has 1 saturated heterocycles. The monoisotopic (exact) mass is 308 g/mol. The van der Waals surface area contributed by atoms with E-state index in [4.69, 9.17) is 11.1 Å². The Balaban J connectivity index is 1.65. The average Bonchev–Trinajstić information content (AvgIpc) is 2.58. The van der Waals surface area contributed by atoms with Gasteiger partial charge in [-0.2, -0.15) is 0 Å². The Hall–Kier alpha value is -2.17. The van der Waals surface area contributed by atoms with Gasteiger partial charge in [-0.15, -0.1) is 0 Å². The van der Waals surface area contributed by atoms with Crippen molar-refractivity contribution in [2.75, 3.05) is 19.6 Å². The third-order valence-electron chi connectivity index (χ3n) is 4.41. The van der Waals surface area contributed by atoms with Gasteiger partial charge in [0.05, 0.1) is 6.04 Å². The zero-order valence-corrected chi connectivity index (χ0v) is 13.4. The third-order valence-corrected chi connectivity index (χ3v) is 4.41. The maximum atomic E-state index is 7.96. The molecule has 1 fully saturated rings. The summed E-state index contributed by atoms with van der Waals surface area (Å²) >= 11 is 0. The molecule has 1 heterocycles. The fraction of sp³-hybridized carbons (Fsp3) is 0.316. The van der Waals surface area contributed by atoms with Crippen LogP contribution in [0.4, 0.5) is 0 Å². The highest BCUT2D eigenvalue weighted by molar-refractivity contribution is 5.83. The molecule has 1 unspecified atom stereocenters. The van der Waals surface area contributed by atoms with Crippen molar-refractivity contribution in [2.45, 2.75) is 19.1 Å². The van der Waals surface area contributed by atoms with Crippen LogP contribution in [0.1, 0.15) is 11.1 Å². The minimum absolute atomic E-state index is 0.00679. The fourth-order valence-corrected chi connectivity index (χ4v) is 3.16. The number of amidine groups is 1. The van der Waals surface area contributed by atoms with E-state index in [2.05, 4.69) is 58.3 Å². The molecule has 1 atom stereocenters. The van der Waals surface area contributed by atoms with Gasteiger partial charge in [-0.05, 0) is 11.1 Å². The van der Waals surface area contributed by atoms with Crippen LogP contribution in [-0.4, -0.2) is 41.3 Å². The maximum absolute atomic E-state index is 7.96. The molecule has 2 aromatic carbocycles.